The fourth-order valence-electron chi connectivity index (χ4n) is 2.02. The van der Waals surface area contributed by atoms with Gasteiger partial charge in [0, 0.05) is 27.1 Å². The maximum atomic E-state index is 5.80. The van der Waals surface area contributed by atoms with E-state index in [1.165, 1.54) is 6.04 Å². The predicted octanol–water partition coefficient (Wildman–Crippen LogP) is 4.39. The zero-order valence-electron chi connectivity index (χ0n) is 14.5. The molecule has 4 nitrogen and oxygen atoms in total. The first-order valence-corrected chi connectivity index (χ1v) is 11.7. The molecule has 5 heteroatoms. The van der Waals surface area contributed by atoms with Crippen molar-refractivity contribution in [1.82, 2.24) is 4.57 Å². The van der Waals surface area contributed by atoms with Crippen LogP contribution >= 0.6 is 0 Å². The van der Waals surface area contributed by atoms with Crippen LogP contribution in [0.15, 0.2) is 42.7 Å². The fraction of sp³-hybridized carbons (Fsp3) is 0.444. The van der Waals surface area contributed by atoms with Crippen molar-refractivity contribution in [3.8, 4) is 11.5 Å². The Morgan fingerprint density at radius 1 is 1.00 bits per heavy atom. The van der Waals surface area contributed by atoms with Crippen molar-refractivity contribution in [3.63, 3.8) is 0 Å². The lowest BCUT2D eigenvalue weighted by Crippen LogP contribution is -2.21. The Bertz CT molecular complexity index is 587. The average molecular weight is 334 g/mol. The largest absolute Gasteiger partial charge is 0.497 e. The molecule has 0 saturated heterocycles. The van der Waals surface area contributed by atoms with Gasteiger partial charge in [-0.25, -0.2) is 0 Å². The first kappa shape index (κ1) is 17.6. The van der Waals surface area contributed by atoms with Gasteiger partial charge in [-0.05, 0) is 29.8 Å². The molecule has 2 rings (SSSR count). The van der Waals surface area contributed by atoms with Gasteiger partial charge < -0.3 is 18.8 Å². The van der Waals surface area contributed by atoms with Gasteiger partial charge in [-0.15, -0.1) is 0 Å². The second-order valence-corrected chi connectivity index (χ2v) is 12.5. The highest BCUT2D eigenvalue weighted by atomic mass is 28.3. The molecule has 1 aromatic carbocycles. The highest BCUT2D eigenvalue weighted by molar-refractivity contribution is 6.76. The zero-order valence-corrected chi connectivity index (χ0v) is 15.5. The van der Waals surface area contributed by atoms with Crippen LogP contribution in [0.3, 0.4) is 0 Å². The Balaban J connectivity index is 1.73. The third kappa shape index (κ3) is 6.50. The topological polar surface area (TPSA) is 32.6 Å². The summed E-state index contributed by atoms with van der Waals surface area (Å²) in [7, 11) is 0.651. The minimum absolute atomic E-state index is 0.546. The lowest BCUT2D eigenvalue weighted by atomic mass is 10.2. The Kier molecular flexibility index (Phi) is 6.30. The van der Waals surface area contributed by atoms with E-state index in [0.29, 0.717) is 13.3 Å². The van der Waals surface area contributed by atoms with Gasteiger partial charge in [0.2, 0.25) is 0 Å². The molecule has 0 aliphatic carbocycles. The van der Waals surface area contributed by atoms with E-state index in [0.717, 1.165) is 23.7 Å². The van der Waals surface area contributed by atoms with Crippen molar-refractivity contribution in [3.05, 3.63) is 48.3 Å². The molecule has 0 amide bonds. The lowest BCUT2D eigenvalue weighted by Gasteiger charge is -2.15. The maximum absolute atomic E-state index is 5.80. The first-order chi connectivity index (χ1) is 11.0. The standard InChI is InChI=1S/C18H27NO3Si/c1-20-17-7-5-16(6-8-17)14-22-18-9-10-19(13-18)15-21-11-12-23(2,3)4/h5-10,13H,11-12,14-15H2,1-4H3. The minimum Gasteiger partial charge on any atom is -0.497 e. The van der Waals surface area contributed by atoms with E-state index in [1.807, 2.05) is 47.3 Å². The summed E-state index contributed by atoms with van der Waals surface area (Å²) in [5, 5.41) is 0. The first-order valence-electron chi connectivity index (χ1n) is 7.95. The van der Waals surface area contributed by atoms with Crippen molar-refractivity contribution in [2.75, 3.05) is 13.7 Å². The average Bonchev–Trinajstić information content (AvgIpc) is 2.97. The normalized spacial score (nSPS) is 11.5. The molecule has 0 radical (unpaired) electrons. The van der Waals surface area contributed by atoms with Crippen molar-refractivity contribution in [1.29, 1.82) is 0 Å². The Labute approximate surface area is 140 Å². The smallest absolute Gasteiger partial charge is 0.137 e. The number of ether oxygens (including phenoxy) is 3. The monoisotopic (exact) mass is 333 g/mol. The Hall–Kier alpha value is -1.72. The number of hydrogen-bond acceptors (Lipinski definition) is 3. The zero-order chi connectivity index (χ0) is 16.7. The van der Waals surface area contributed by atoms with E-state index in [2.05, 4.69) is 19.6 Å². The van der Waals surface area contributed by atoms with Gasteiger partial charge in [0.25, 0.3) is 0 Å². The van der Waals surface area contributed by atoms with Gasteiger partial charge in [0.1, 0.15) is 24.8 Å². The van der Waals surface area contributed by atoms with Crippen LogP contribution in [0, 0.1) is 0 Å². The van der Waals surface area contributed by atoms with E-state index in [4.69, 9.17) is 14.2 Å². The van der Waals surface area contributed by atoms with Crippen LogP contribution in [-0.4, -0.2) is 26.4 Å². The third-order valence-corrected chi connectivity index (χ3v) is 5.23. The molecule has 0 N–H and O–H groups in total. The molecule has 0 saturated carbocycles. The van der Waals surface area contributed by atoms with Gasteiger partial charge >= 0.3 is 0 Å². The molecule has 0 aliphatic rings. The van der Waals surface area contributed by atoms with E-state index in [-0.39, 0.29) is 0 Å². The summed E-state index contributed by atoms with van der Waals surface area (Å²) in [6.45, 7) is 9.03. The highest BCUT2D eigenvalue weighted by Gasteiger charge is 2.11. The molecule has 2 aromatic rings. The minimum atomic E-state index is -1.02. The summed E-state index contributed by atoms with van der Waals surface area (Å²) in [4.78, 5) is 0. The predicted molar refractivity (Wildman–Crippen MR) is 95.9 cm³/mol. The quantitative estimate of drug-likeness (QED) is 0.504. The van der Waals surface area contributed by atoms with Crippen LogP contribution in [0.2, 0.25) is 25.7 Å². The number of aromatic nitrogens is 1. The molecule has 0 aliphatic heterocycles. The van der Waals surface area contributed by atoms with Crippen LogP contribution < -0.4 is 9.47 Å². The van der Waals surface area contributed by atoms with Gasteiger partial charge in [-0.3, -0.25) is 0 Å². The fourth-order valence-corrected chi connectivity index (χ4v) is 2.78. The summed E-state index contributed by atoms with van der Waals surface area (Å²) in [6.07, 6.45) is 3.95. The van der Waals surface area contributed by atoms with Crippen LogP contribution in [-0.2, 0) is 18.1 Å². The molecule has 0 fully saturated rings. The Morgan fingerprint density at radius 2 is 1.74 bits per heavy atom. The van der Waals surface area contributed by atoms with Gasteiger partial charge in [0.05, 0.1) is 7.11 Å². The third-order valence-electron chi connectivity index (χ3n) is 3.52. The van der Waals surface area contributed by atoms with Crippen LogP contribution in [0.5, 0.6) is 11.5 Å². The van der Waals surface area contributed by atoms with Crippen LogP contribution in [0.25, 0.3) is 0 Å². The van der Waals surface area contributed by atoms with Crippen LogP contribution in [0.1, 0.15) is 5.56 Å². The van der Waals surface area contributed by atoms with Gasteiger partial charge in [-0.1, -0.05) is 31.8 Å². The molecule has 23 heavy (non-hydrogen) atoms. The second-order valence-electron chi connectivity index (χ2n) is 6.85. The lowest BCUT2D eigenvalue weighted by molar-refractivity contribution is 0.0871. The SMILES string of the molecule is COc1ccc(COc2ccn(COCC[Si](C)(C)C)c2)cc1. The molecule has 0 unspecified atom stereocenters. The van der Waals surface area contributed by atoms with Crippen LogP contribution in [0.4, 0.5) is 0 Å². The molecule has 0 spiro atoms. The summed E-state index contributed by atoms with van der Waals surface area (Å²) >= 11 is 0. The number of hydrogen-bond donors (Lipinski definition) is 0. The molecule has 1 heterocycles. The second kappa shape index (κ2) is 8.22. The summed E-state index contributed by atoms with van der Waals surface area (Å²) in [6, 6.07) is 11.1. The summed E-state index contributed by atoms with van der Waals surface area (Å²) in [5.41, 5.74) is 1.12. The Morgan fingerprint density at radius 3 is 2.39 bits per heavy atom. The van der Waals surface area contributed by atoms with E-state index < -0.39 is 8.07 Å². The molecule has 126 valence electrons. The molecular formula is C18H27NO3Si. The van der Waals surface area contributed by atoms with E-state index >= 15 is 0 Å². The molecular weight excluding hydrogens is 306 g/mol. The summed E-state index contributed by atoms with van der Waals surface area (Å²) in [5.74, 6) is 1.71. The maximum Gasteiger partial charge on any atom is 0.137 e. The van der Waals surface area contributed by atoms with Crippen molar-refractivity contribution >= 4 is 8.07 Å². The number of benzene rings is 1. The summed E-state index contributed by atoms with van der Waals surface area (Å²) < 4.78 is 18.7. The van der Waals surface area contributed by atoms with Gasteiger partial charge in [-0.2, -0.15) is 0 Å². The number of methoxy groups -OCH3 is 1. The molecule has 0 bridgehead atoms. The van der Waals surface area contributed by atoms with Crippen molar-refractivity contribution in [2.45, 2.75) is 39.0 Å². The van der Waals surface area contributed by atoms with Crippen molar-refractivity contribution < 1.29 is 14.2 Å². The van der Waals surface area contributed by atoms with E-state index in [1.54, 1.807) is 7.11 Å². The molecule has 0 atom stereocenters. The highest BCUT2D eigenvalue weighted by Crippen LogP contribution is 2.16. The number of nitrogens with zero attached hydrogens (tertiary/aromatic N) is 1. The molecule has 1 aromatic heterocycles. The number of rotatable bonds is 9. The van der Waals surface area contributed by atoms with Crippen molar-refractivity contribution in [2.24, 2.45) is 0 Å². The van der Waals surface area contributed by atoms with E-state index in [9.17, 15) is 0 Å². The van der Waals surface area contributed by atoms with Gasteiger partial charge in [0.15, 0.2) is 0 Å².